The molecule has 3 fully saturated rings. The normalized spacial score (nSPS) is 50.2. The molecule has 0 aromatic rings. The van der Waals surface area contributed by atoms with Gasteiger partial charge in [-0.3, -0.25) is 4.79 Å². The third-order valence-corrected chi connectivity index (χ3v) is 6.89. The molecule has 0 unspecified atom stereocenters. The molecule has 6 atom stereocenters. The Labute approximate surface area is 120 Å². The van der Waals surface area contributed by atoms with Crippen molar-refractivity contribution in [3.63, 3.8) is 0 Å². The van der Waals surface area contributed by atoms with E-state index in [-0.39, 0.29) is 17.3 Å². The minimum absolute atomic E-state index is 0.0890. The molecular weight excluding hydrogens is 248 g/mol. The predicted molar refractivity (Wildman–Crippen MR) is 78.0 cm³/mol. The highest BCUT2D eigenvalue weighted by Crippen LogP contribution is 2.61. The van der Waals surface area contributed by atoms with Crippen LogP contribution in [0.2, 0.25) is 0 Å². The second-order valence-corrected chi connectivity index (χ2v) is 7.62. The van der Waals surface area contributed by atoms with Crippen molar-refractivity contribution in [2.75, 3.05) is 0 Å². The number of allylic oxidation sites excluding steroid dienone is 4. The molecule has 4 aliphatic carbocycles. The molecule has 0 radical (unpaired) electrons. The average Bonchev–Trinajstić information content (AvgIpc) is 2.74. The van der Waals surface area contributed by atoms with Crippen LogP contribution in [0.3, 0.4) is 0 Å². The van der Waals surface area contributed by atoms with E-state index < -0.39 is 0 Å². The van der Waals surface area contributed by atoms with Gasteiger partial charge in [-0.2, -0.15) is 0 Å². The van der Waals surface area contributed by atoms with Gasteiger partial charge < -0.3 is 5.11 Å². The molecule has 0 spiro atoms. The number of carbonyl (C=O) groups excluding carboxylic acids is 1. The Bertz CT molecular complexity index is 504. The maximum Gasteiger partial charge on any atom is 0.178 e. The second kappa shape index (κ2) is 4.30. The number of fused-ring (bicyclic) bond motifs is 5. The van der Waals surface area contributed by atoms with Crippen LogP contribution in [0.4, 0.5) is 0 Å². The van der Waals surface area contributed by atoms with Gasteiger partial charge in [-0.05, 0) is 73.8 Å². The lowest BCUT2D eigenvalue weighted by Crippen LogP contribution is -2.47. The molecule has 0 aliphatic heterocycles. The van der Waals surface area contributed by atoms with Gasteiger partial charge in [-0.25, -0.2) is 0 Å². The van der Waals surface area contributed by atoms with Crippen molar-refractivity contribution in [3.05, 3.63) is 23.8 Å². The highest BCUT2D eigenvalue weighted by Gasteiger charge is 2.55. The summed E-state index contributed by atoms with van der Waals surface area (Å²) in [7, 11) is 0. The van der Waals surface area contributed by atoms with Crippen molar-refractivity contribution in [1.29, 1.82) is 0 Å². The maximum absolute atomic E-state index is 11.6. The molecule has 4 rings (SSSR count). The molecule has 0 aromatic heterocycles. The minimum atomic E-state index is -0.0890. The van der Waals surface area contributed by atoms with Gasteiger partial charge >= 0.3 is 0 Å². The predicted octanol–water partition coefficient (Wildman–Crippen LogP) is 3.27. The van der Waals surface area contributed by atoms with Crippen molar-refractivity contribution in [3.8, 4) is 0 Å². The molecular formula is C18H24O2. The Morgan fingerprint density at radius 3 is 2.90 bits per heavy atom. The lowest BCUT2D eigenvalue weighted by atomic mass is 9.53. The Balaban J connectivity index is 1.65. The number of aliphatic hydroxyl groups is 1. The van der Waals surface area contributed by atoms with Gasteiger partial charge in [-0.15, -0.1) is 0 Å². The molecule has 3 saturated carbocycles. The fraction of sp³-hybridized carbons (Fsp3) is 0.722. The van der Waals surface area contributed by atoms with Crippen LogP contribution in [0.25, 0.3) is 0 Å². The first-order valence-corrected chi connectivity index (χ1v) is 8.20. The summed E-state index contributed by atoms with van der Waals surface area (Å²) in [6.45, 7) is 2.32. The Morgan fingerprint density at radius 2 is 2.05 bits per heavy atom. The van der Waals surface area contributed by atoms with Crippen molar-refractivity contribution in [2.45, 2.75) is 51.6 Å². The summed E-state index contributed by atoms with van der Waals surface area (Å²) < 4.78 is 0. The molecule has 0 amide bonds. The Kier molecular flexibility index (Phi) is 2.76. The van der Waals surface area contributed by atoms with Crippen LogP contribution in [-0.4, -0.2) is 17.0 Å². The zero-order valence-electron chi connectivity index (χ0n) is 12.2. The zero-order valence-corrected chi connectivity index (χ0v) is 12.2. The number of hydrogen-bond acceptors (Lipinski definition) is 2. The second-order valence-electron chi connectivity index (χ2n) is 7.62. The first-order chi connectivity index (χ1) is 9.59. The van der Waals surface area contributed by atoms with E-state index >= 15 is 0 Å². The van der Waals surface area contributed by atoms with Gasteiger partial charge in [0.2, 0.25) is 0 Å². The molecule has 0 saturated heterocycles. The van der Waals surface area contributed by atoms with Crippen LogP contribution in [0.15, 0.2) is 23.8 Å². The van der Waals surface area contributed by atoms with Crippen LogP contribution in [0.5, 0.6) is 0 Å². The zero-order chi connectivity index (χ0) is 13.9. The van der Waals surface area contributed by atoms with E-state index in [1.807, 2.05) is 6.08 Å². The van der Waals surface area contributed by atoms with Gasteiger partial charge in [0.1, 0.15) is 0 Å². The highest BCUT2D eigenvalue weighted by molar-refractivity contribution is 6.00. The maximum atomic E-state index is 11.6. The summed E-state index contributed by atoms with van der Waals surface area (Å²) in [6.07, 6.45) is 12.6. The number of rotatable bonds is 0. The first kappa shape index (κ1) is 12.8. The number of hydrogen-bond donors (Lipinski definition) is 1. The molecule has 0 heterocycles. The summed E-state index contributed by atoms with van der Waals surface area (Å²) in [6, 6.07) is 0. The molecule has 108 valence electrons. The molecule has 1 N–H and O–H groups in total. The van der Waals surface area contributed by atoms with E-state index in [4.69, 9.17) is 0 Å². The van der Waals surface area contributed by atoms with Gasteiger partial charge in [0, 0.05) is 5.92 Å². The summed E-state index contributed by atoms with van der Waals surface area (Å²) in [4.78, 5) is 11.6. The standard InChI is InChI=1S/C18H24O2/c1-18-9-8-14-13-5-3-12(19)10-11(13)2-4-15(14)16(18)6-7-17(18)20/h3,5,10,13-17,20H,2,4,6-9H2,1H3/t13-,14+,15-,16+,17+,18+/m1/s1. The SMILES string of the molecule is C[C@]12CC[C@@H]3[C@@H](CCC4=CC(=O)C=C[C@H]43)[C@@H]1CC[C@@H]2O. The van der Waals surface area contributed by atoms with Crippen LogP contribution < -0.4 is 0 Å². The summed E-state index contributed by atoms with van der Waals surface area (Å²) in [5, 5.41) is 10.4. The van der Waals surface area contributed by atoms with Crippen molar-refractivity contribution in [2.24, 2.45) is 29.1 Å². The van der Waals surface area contributed by atoms with Crippen LogP contribution in [-0.2, 0) is 4.79 Å². The number of ketones is 1. The fourth-order valence-electron chi connectivity index (χ4n) is 5.79. The third kappa shape index (κ3) is 1.64. The van der Waals surface area contributed by atoms with E-state index in [1.165, 1.54) is 24.8 Å². The summed E-state index contributed by atoms with van der Waals surface area (Å²) in [5.74, 6) is 2.85. The van der Waals surface area contributed by atoms with E-state index in [0.717, 1.165) is 25.2 Å². The fourth-order valence-corrected chi connectivity index (χ4v) is 5.79. The molecule has 0 bridgehead atoms. The number of aliphatic hydroxyl groups excluding tert-OH is 1. The quantitative estimate of drug-likeness (QED) is 0.735. The van der Waals surface area contributed by atoms with Gasteiger partial charge in [0.15, 0.2) is 5.78 Å². The molecule has 20 heavy (non-hydrogen) atoms. The van der Waals surface area contributed by atoms with E-state index in [2.05, 4.69) is 13.0 Å². The summed E-state index contributed by atoms with van der Waals surface area (Å²) in [5.41, 5.74) is 1.54. The van der Waals surface area contributed by atoms with Gasteiger partial charge in [0.05, 0.1) is 6.10 Å². The molecule has 0 aromatic carbocycles. The smallest absolute Gasteiger partial charge is 0.178 e. The van der Waals surface area contributed by atoms with Crippen molar-refractivity contribution in [1.82, 2.24) is 0 Å². The average molecular weight is 272 g/mol. The molecule has 2 nitrogen and oxygen atoms in total. The first-order valence-electron chi connectivity index (χ1n) is 8.20. The molecule has 2 heteroatoms. The van der Waals surface area contributed by atoms with Crippen molar-refractivity contribution < 1.29 is 9.90 Å². The van der Waals surface area contributed by atoms with Crippen LogP contribution in [0.1, 0.15) is 45.4 Å². The van der Waals surface area contributed by atoms with Crippen LogP contribution >= 0.6 is 0 Å². The van der Waals surface area contributed by atoms with Crippen LogP contribution in [0, 0.1) is 29.1 Å². The van der Waals surface area contributed by atoms with Crippen molar-refractivity contribution >= 4 is 5.78 Å². The number of carbonyl (C=O) groups is 1. The van der Waals surface area contributed by atoms with E-state index in [9.17, 15) is 9.90 Å². The monoisotopic (exact) mass is 272 g/mol. The largest absolute Gasteiger partial charge is 0.393 e. The summed E-state index contributed by atoms with van der Waals surface area (Å²) >= 11 is 0. The Morgan fingerprint density at radius 1 is 1.20 bits per heavy atom. The Hall–Kier alpha value is -0.890. The molecule has 4 aliphatic rings. The van der Waals surface area contributed by atoms with E-state index in [0.29, 0.717) is 17.8 Å². The van der Waals surface area contributed by atoms with Gasteiger partial charge in [0.25, 0.3) is 0 Å². The van der Waals surface area contributed by atoms with E-state index in [1.54, 1.807) is 6.08 Å². The lowest BCUT2D eigenvalue weighted by molar-refractivity contribution is -0.110. The topological polar surface area (TPSA) is 37.3 Å². The van der Waals surface area contributed by atoms with Gasteiger partial charge in [-0.1, -0.05) is 18.6 Å². The minimum Gasteiger partial charge on any atom is -0.393 e. The highest BCUT2D eigenvalue weighted by atomic mass is 16.3. The third-order valence-electron chi connectivity index (χ3n) is 6.89. The lowest BCUT2D eigenvalue weighted by Gasteiger charge is -2.52.